The molecule has 0 saturated carbocycles. The third kappa shape index (κ3) is 2.71. The van der Waals surface area contributed by atoms with Crippen LogP contribution < -0.4 is 15.8 Å². The summed E-state index contributed by atoms with van der Waals surface area (Å²) in [5.41, 5.74) is 0.628. The fraction of sp³-hybridized carbons (Fsp3) is 0.389. The SMILES string of the molecule is N#C[C@@H]1C(=O)Nc2nc(N3CCCCC3)[nH]c(=O)c2[C@@H]1c1cccnc1. The summed E-state index contributed by atoms with van der Waals surface area (Å²) in [6, 6.07) is 5.51. The second-order valence-corrected chi connectivity index (χ2v) is 6.56. The van der Waals surface area contributed by atoms with E-state index in [1.165, 1.54) is 0 Å². The van der Waals surface area contributed by atoms with Gasteiger partial charge < -0.3 is 10.2 Å². The van der Waals surface area contributed by atoms with Crippen LogP contribution in [0.2, 0.25) is 0 Å². The fourth-order valence-corrected chi connectivity index (χ4v) is 3.67. The van der Waals surface area contributed by atoms with Gasteiger partial charge in [-0.1, -0.05) is 6.07 Å². The van der Waals surface area contributed by atoms with Gasteiger partial charge in [0.2, 0.25) is 11.9 Å². The molecule has 26 heavy (non-hydrogen) atoms. The van der Waals surface area contributed by atoms with Gasteiger partial charge in [0.25, 0.3) is 5.56 Å². The number of nitriles is 1. The van der Waals surface area contributed by atoms with E-state index in [0.29, 0.717) is 17.1 Å². The molecule has 2 aliphatic heterocycles. The van der Waals surface area contributed by atoms with Gasteiger partial charge in [0.15, 0.2) is 0 Å². The molecule has 0 aliphatic carbocycles. The Hall–Kier alpha value is -3.21. The zero-order valence-corrected chi connectivity index (χ0v) is 14.1. The number of fused-ring (bicyclic) bond motifs is 1. The summed E-state index contributed by atoms with van der Waals surface area (Å²) in [5, 5.41) is 12.1. The first kappa shape index (κ1) is 16.3. The predicted molar refractivity (Wildman–Crippen MR) is 94.7 cm³/mol. The van der Waals surface area contributed by atoms with Crippen LogP contribution in [0, 0.1) is 17.2 Å². The lowest BCUT2D eigenvalue weighted by Crippen LogP contribution is -2.40. The Balaban J connectivity index is 1.84. The topological polar surface area (TPSA) is 115 Å². The van der Waals surface area contributed by atoms with Crippen molar-refractivity contribution in [3.8, 4) is 6.07 Å². The maximum Gasteiger partial charge on any atom is 0.258 e. The highest BCUT2D eigenvalue weighted by Gasteiger charge is 2.40. The number of nitrogens with one attached hydrogen (secondary N) is 2. The van der Waals surface area contributed by atoms with Gasteiger partial charge in [-0.3, -0.25) is 19.6 Å². The molecule has 1 saturated heterocycles. The number of pyridine rings is 1. The molecule has 2 aliphatic rings. The summed E-state index contributed by atoms with van der Waals surface area (Å²) in [5.74, 6) is -1.44. The molecule has 1 fully saturated rings. The van der Waals surface area contributed by atoms with Crippen LogP contribution in [0.4, 0.5) is 11.8 Å². The van der Waals surface area contributed by atoms with Crippen molar-refractivity contribution in [2.75, 3.05) is 23.3 Å². The Bertz CT molecular complexity index is 927. The normalized spacial score (nSPS) is 22.3. The molecule has 8 heteroatoms. The first-order chi connectivity index (χ1) is 12.7. The van der Waals surface area contributed by atoms with E-state index < -0.39 is 17.7 Å². The van der Waals surface area contributed by atoms with Crippen LogP contribution in [0.25, 0.3) is 0 Å². The van der Waals surface area contributed by atoms with Crippen molar-refractivity contribution in [2.45, 2.75) is 25.2 Å². The van der Waals surface area contributed by atoms with Gasteiger partial charge in [0, 0.05) is 31.4 Å². The standard InChI is InChI=1S/C18H18N6O2/c19-9-12-13(11-5-4-6-20-10-11)14-15(21-16(12)25)22-18(23-17(14)26)24-7-2-1-3-8-24/h4-6,10,12-13H,1-3,7-8H2,(H2,21,22,23,25,26)/t12-,13+/m0/s1. The van der Waals surface area contributed by atoms with E-state index in [2.05, 4.69) is 20.3 Å². The molecule has 4 rings (SSSR count). The maximum absolute atomic E-state index is 12.9. The smallest absolute Gasteiger partial charge is 0.258 e. The number of piperidine rings is 1. The minimum absolute atomic E-state index is 0.236. The Labute approximate surface area is 149 Å². The third-order valence-electron chi connectivity index (χ3n) is 4.95. The molecular formula is C18H18N6O2. The first-order valence-electron chi connectivity index (χ1n) is 8.68. The van der Waals surface area contributed by atoms with Crippen molar-refractivity contribution in [1.82, 2.24) is 15.0 Å². The van der Waals surface area contributed by atoms with E-state index in [4.69, 9.17) is 0 Å². The molecule has 2 N–H and O–H groups in total. The molecule has 2 aromatic rings. The number of nitrogens with zero attached hydrogens (tertiary/aromatic N) is 4. The summed E-state index contributed by atoms with van der Waals surface area (Å²) < 4.78 is 0. The summed E-state index contributed by atoms with van der Waals surface area (Å²) in [7, 11) is 0. The van der Waals surface area contributed by atoms with Crippen molar-refractivity contribution in [3.05, 3.63) is 46.0 Å². The average molecular weight is 350 g/mol. The van der Waals surface area contributed by atoms with Crippen LogP contribution in [0.1, 0.15) is 36.3 Å². The number of aromatic amines is 1. The van der Waals surface area contributed by atoms with Crippen LogP contribution in [0.15, 0.2) is 29.3 Å². The van der Waals surface area contributed by atoms with Crippen molar-refractivity contribution in [3.63, 3.8) is 0 Å². The number of carbonyl (C=O) groups is 1. The fourth-order valence-electron chi connectivity index (χ4n) is 3.67. The number of hydrogen-bond acceptors (Lipinski definition) is 6. The summed E-state index contributed by atoms with van der Waals surface area (Å²) in [4.78, 5) is 38.8. The molecule has 2 aromatic heterocycles. The first-order valence-corrected chi connectivity index (χ1v) is 8.68. The van der Waals surface area contributed by atoms with Gasteiger partial charge in [0.1, 0.15) is 11.7 Å². The highest BCUT2D eigenvalue weighted by molar-refractivity contribution is 5.97. The number of rotatable bonds is 2. The summed E-state index contributed by atoms with van der Waals surface area (Å²) in [6.07, 6.45) is 6.44. The summed E-state index contributed by atoms with van der Waals surface area (Å²) >= 11 is 0. The number of hydrogen-bond donors (Lipinski definition) is 2. The second-order valence-electron chi connectivity index (χ2n) is 6.56. The van der Waals surface area contributed by atoms with E-state index in [1.54, 1.807) is 24.5 Å². The Kier molecular flexibility index (Phi) is 4.13. The predicted octanol–water partition coefficient (Wildman–Crippen LogP) is 1.38. The average Bonchev–Trinajstić information content (AvgIpc) is 2.68. The number of anilines is 2. The van der Waals surface area contributed by atoms with E-state index in [1.807, 2.05) is 11.0 Å². The van der Waals surface area contributed by atoms with Crippen LogP contribution >= 0.6 is 0 Å². The number of aromatic nitrogens is 3. The number of amides is 1. The van der Waals surface area contributed by atoms with Gasteiger partial charge in [-0.25, -0.2) is 0 Å². The van der Waals surface area contributed by atoms with Gasteiger partial charge in [-0.2, -0.15) is 10.2 Å². The van der Waals surface area contributed by atoms with Gasteiger partial charge in [-0.15, -0.1) is 0 Å². The molecule has 4 heterocycles. The molecule has 8 nitrogen and oxygen atoms in total. The molecule has 0 bridgehead atoms. The van der Waals surface area contributed by atoms with Gasteiger partial charge in [0.05, 0.1) is 11.6 Å². The van der Waals surface area contributed by atoms with Crippen LogP contribution in [-0.4, -0.2) is 33.9 Å². The molecule has 1 amide bonds. The quantitative estimate of drug-likeness (QED) is 0.845. The zero-order valence-electron chi connectivity index (χ0n) is 14.1. The lowest BCUT2D eigenvalue weighted by atomic mass is 9.80. The lowest BCUT2D eigenvalue weighted by molar-refractivity contribution is -0.119. The van der Waals surface area contributed by atoms with E-state index >= 15 is 0 Å². The van der Waals surface area contributed by atoms with Crippen LogP contribution in [0.5, 0.6) is 0 Å². The Morgan fingerprint density at radius 1 is 1.23 bits per heavy atom. The molecule has 0 aromatic carbocycles. The minimum Gasteiger partial charge on any atom is -0.342 e. The highest BCUT2D eigenvalue weighted by Crippen LogP contribution is 2.37. The number of carbonyl (C=O) groups excluding carboxylic acids is 1. The Morgan fingerprint density at radius 2 is 2.04 bits per heavy atom. The van der Waals surface area contributed by atoms with Crippen LogP contribution in [-0.2, 0) is 4.79 Å². The Morgan fingerprint density at radius 3 is 2.73 bits per heavy atom. The van der Waals surface area contributed by atoms with Crippen molar-refractivity contribution >= 4 is 17.7 Å². The van der Waals surface area contributed by atoms with Crippen LogP contribution in [0.3, 0.4) is 0 Å². The van der Waals surface area contributed by atoms with E-state index in [-0.39, 0.29) is 11.4 Å². The maximum atomic E-state index is 12.9. The summed E-state index contributed by atoms with van der Waals surface area (Å²) in [6.45, 7) is 1.64. The molecule has 0 unspecified atom stereocenters. The third-order valence-corrected chi connectivity index (χ3v) is 4.95. The molecule has 132 valence electrons. The second kappa shape index (κ2) is 6.59. The lowest BCUT2D eigenvalue weighted by Gasteiger charge is -2.31. The largest absolute Gasteiger partial charge is 0.342 e. The van der Waals surface area contributed by atoms with Crippen molar-refractivity contribution < 1.29 is 4.79 Å². The molecular weight excluding hydrogens is 332 g/mol. The number of H-pyrrole nitrogens is 1. The molecule has 0 radical (unpaired) electrons. The minimum atomic E-state index is -1.00. The monoisotopic (exact) mass is 350 g/mol. The molecule has 2 atom stereocenters. The molecule has 0 spiro atoms. The zero-order chi connectivity index (χ0) is 18.1. The van der Waals surface area contributed by atoms with E-state index in [0.717, 1.165) is 32.4 Å². The van der Waals surface area contributed by atoms with Crippen molar-refractivity contribution in [2.24, 2.45) is 5.92 Å². The van der Waals surface area contributed by atoms with Crippen molar-refractivity contribution in [1.29, 1.82) is 5.26 Å². The van der Waals surface area contributed by atoms with Gasteiger partial charge >= 0.3 is 0 Å². The van der Waals surface area contributed by atoms with E-state index in [9.17, 15) is 14.9 Å². The van der Waals surface area contributed by atoms with Gasteiger partial charge in [-0.05, 0) is 30.9 Å². The highest BCUT2D eigenvalue weighted by atomic mass is 16.2.